The number of hydrogen-bond acceptors (Lipinski definition) is 4. The predicted molar refractivity (Wildman–Crippen MR) is 57.3 cm³/mol. The quantitative estimate of drug-likeness (QED) is 0.814. The van der Waals surface area contributed by atoms with Gasteiger partial charge in [-0.3, -0.25) is 0 Å². The Morgan fingerprint density at radius 1 is 1.73 bits per heavy atom. The lowest BCUT2D eigenvalue weighted by atomic mass is 10.2. The minimum atomic E-state index is -0.843. The summed E-state index contributed by atoms with van der Waals surface area (Å²) in [6.07, 6.45) is 1.01. The van der Waals surface area contributed by atoms with Crippen LogP contribution in [0.3, 0.4) is 0 Å². The second-order valence-electron chi connectivity index (χ2n) is 3.52. The third kappa shape index (κ3) is 2.56. The Morgan fingerprint density at radius 2 is 2.60 bits per heavy atom. The van der Waals surface area contributed by atoms with Crippen LogP contribution in [0.4, 0.5) is 0 Å². The van der Waals surface area contributed by atoms with Crippen LogP contribution in [0.15, 0.2) is 11.4 Å². The number of ether oxygens (including phenoxy) is 1. The summed E-state index contributed by atoms with van der Waals surface area (Å²) in [7, 11) is 0. The van der Waals surface area contributed by atoms with Gasteiger partial charge < -0.3 is 15.2 Å². The van der Waals surface area contributed by atoms with E-state index in [1.165, 1.54) is 11.3 Å². The third-order valence-corrected chi connectivity index (χ3v) is 3.40. The summed E-state index contributed by atoms with van der Waals surface area (Å²) in [5, 5.41) is 14.0. The number of nitrogens with one attached hydrogen (secondary N) is 1. The zero-order valence-electron chi connectivity index (χ0n) is 8.23. The van der Waals surface area contributed by atoms with E-state index >= 15 is 0 Å². The van der Waals surface area contributed by atoms with Gasteiger partial charge in [0.25, 0.3) is 0 Å². The van der Waals surface area contributed by atoms with Crippen LogP contribution in [0.25, 0.3) is 0 Å². The van der Waals surface area contributed by atoms with Gasteiger partial charge in [-0.25, -0.2) is 4.79 Å². The molecule has 2 heterocycles. The molecule has 4 nitrogen and oxygen atoms in total. The Balaban J connectivity index is 1.92. The predicted octanol–water partition coefficient (Wildman–Crippen LogP) is 1.32. The van der Waals surface area contributed by atoms with Crippen molar-refractivity contribution in [3.8, 4) is 0 Å². The largest absolute Gasteiger partial charge is 0.477 e. The van der Waals surface area contributed by atoms with Gasteiger partial charge in [-0.1, -0.05) is 0 Å². The molecule has 1 aromatic rings. The van der Waals surface area contributed by atoms with E-state index in [2.05, 4.69) is 5.32 Å². The van der Waals surface area contributed by atoms with E-state index in [1.54, 1.807) is 0 Å². The Labute approximate surface area is 91.9 Å². The average molecular weight is 227 g/mol. The van der Waals surface area contributed by atoms with Crippen LogP contribution < -0.4 is 5.32 Å². The van der Waals surface area contributed by atoms with Crippen molar-refractivity contribution in [3.63, 3.8) is 0 Å². The summed E-state index contributed by atoms with van der Waals surface area (Å²) in [4.78, 5) is 11.3. The third-order valence-electron chi connectivity index (χ3n) is 2.45. The Kier molecular flexibility index (Phi) is 3.35. The molecule has 1 atom stereocenters. The van der Waals surface area contributed by atoms with Crippen LogP contribution in [0.2, 0.25) is 0 Å². The highest BCUT2D eigenvalue weighted by Crippen LogP contribution is 2.17. The maximum absolute atomic E-state index is 10.8. The van der Waals surface area contributed by atoms with Crippen molar-refractivity contribution < 1.29 is 14.6 Å². The highest BCUT2D eigenvalue weighted by Gasteiger charge is 2.16. The number of hydrogen-bond donors (Lipinski definition) is 2. The molecule has 2 N–H and O–H groups in total. The molecule has 0 radical (unpaired) electrons. The van der Waals surface area contributed by atoms with Gasteiger partial charge in [0.05, 0.1) is 6.61 Å². The Hall–Kier alpha value is -0.910. The van der Waals surface area contributed by atoms with Crippen LogP contribution in [0.1, 0.15) is 21.7 Å². The standard InChI is InChI=1S/C10H13NO3S/c12-10(13)9-7(2-4-15-9)5-11-8-1-3-14-6-8/h2,4,8,11H,1,3,5-6H2,(H,12,13). The molecule has 1 aromatic heterocycles. The number of carboxylic acid groups (broad SMARTS) is 1. The molecule has 0 amide bonds. The van der Waals surface area contributed by atoms with E-state index < -0.39 is 5.97 Å². The number of thiophene rings is 1. The SMILES string of the molecule is O=C(O)c1sccc1CNC1CCOC1. The van der Waals surface area contributed by atoms with E-state index in [0.29, 0.717) is 17.5 Å². The van der Waals surface area contributed by atoms with Gasteiger partial charge in [0.1, 0.15) is 4.88 Å². The van der Waals surface area contributed by atoms with Gasteiger partial charge in [0.15, 0.2) is 0 Å². The fourth-order valence-electron chi connectivity index (χ4n) is 1.61. The summed E-state index contributed by atoms with van der Waals surface area (Å²) in [6, 6.07) is 2.23. The van der Waals surface area contributed by atoms with E-state index in [4.69, 9.17) is 9.84 Å². The first kappa shape index (κ1) is 10.6. The second-order valence-corrected chi connectivity index (χ2v) is 4.44. The van der Waals surface area contributed by atoms with Crippen LogP contribution in [0.5, 0.6) is 0 Å². The molecule has 1 fully saturated rings. The van der Waals surface area contributed by atoms with Crippen LogP contribution in [-0.2, 0) is 11.3 Å². The minimum absolute atomic E-state index is 0.367. The second kappa shape index (κ2) is 4.74. The van der Waals surface area contributed by atoms with Crippen molar-refractivity contribution in [3.05, 3.63) is 21.9 Å². The first-order valence-corrected chi connectivity index (χ1v) is 5.76. The van der Waals surface area contributed by atoms with E-state index in [9.17, 15) is 4.79 Å². The minimum Gasteiger partial charge on any atom is -0.477 e. The topological polar surface area (TPSA) is 58.6 Å². The molecular formula is C10H13NO3S. The van der Waals surface area contributed by atoms with Gasteiger partial charge >= 0.3 is 5.97 Å². The van der Waals surface area contributed by atoms with Crippen molar-refractivity contribution in [1.29, 1.82) is 0 Å². The van der Waals surface area contributed by atoms with Crippen molar-refractivity contribution in [2.24, 2.45) is 0 Å². The zero-order chi connectivity index (χ0) is 10.7. The molecule has 1 saturated heterocycles. The number of carboxylic acids is 1. The first-order valence-electron chi connectivity index (χ1n) is 4.88. The van der Waals surface area contributed by atoms with Gasteiger partial charge in [-0.15, -0.1) is 11.3 Å². The maximum Gasteiger partial charge on any atom is 0.346 e. The van der Waals surface area contributed by atoms with Crippen LogP contribution >= 0.6 is 11.3 Å². The molecule has 2 rings (SSSR count). The summed E-state index contributed by atoms with van der Waals surface area (Å²) in [5.41, 5.74) is 0.861. The lowest BCUT2D eigenvalue weighted by Gasteiger charge is -2.09. The molecule has 1 aliphatic rings. The molecule has 0 saturated carbocycles. The number of rotatable bonds is 4. The maximum atomic E-state index is 10.8. The van der Waals surface area contributed by atoms with Crippen molar-refractivity contribution in [2.75, 3.05) is 13.2 Å². The fourth-order valence-corrected chi connectivity index (χ4v) is 2.37. The monoisotopic (exact) mass is 227 g/mol. The summed E-state index contributed by atoms with van der Waals surface area (Å²) >= 11 is 1.27. The zero-order valence-corrected chi connectivity index (χ0v) is 9.05. The van der Waals surface area contributed by atoms with Crippen LogP contribution in [-0.4, -0.2) is 30.3 Å². The van der Waals surface area contributed by atoms with Crippen molar-refractivity contribution >= 4 is 17.3 Å². The van der Waals surface area contributed by atoms with E-state index in [-0.39, 0.29) is 0 Å². The van der Waals surface area contributed by atoms with E-state index in [0.717, 1.165) is 25.2 Å². The molecule has 15 heavy (non-hydrogen) atoms. The highest BCUT2D eigenvalue weighted by molar-refractivity contribution is 7.12. The van der Waals surface area contributed by atoms with Crippen molar-refractivity contribution in [2.45, 2.75) is 19.0 Å². The summed E-state index contributed by atoms with van der Waals surface area (Å²) in [5.74, 6) is -0.843. The molecule has 5 heteroatoms. The summed E-state index contributed by atoms with van der Waals surface area (Å²) in [6.45, 7) is 2.14. The number of aromatic carboxylic acids is 1. The molecular weight excluding hydrogens is 214 g/mol. The Morgan fingerprint density at radius 3 is 3.27 bits per heavy atom. The van der Waals surface area contributed by atoms with Crippen LogP contribution in [0, 0.1) is 0 Å². The molecule has 0 aliphatic carbocycles. The first-order chi connectivity index (χ1) is 7.27. The van der Waals surface area contributed by atoms with Gasteiger partial charge in [0.2, 0.25) is 0 Å². The number of carbonyl (C=O) groups is 1. The normalized spacial score (nSPS) is 20.7. The van der Waals surface area contributed by atoms with Gasteiger partial charge in [-0.05, 0) is 23.4 Å². The van der Waals surface area contributed by atoms with Gasteiger partial charge in [0, 0.05) is 19.2 Å². The molecule has 0 bridgehead atoms. The summed E-state index contributed by atoms with van der Waals surface area (Å²) < 4.78 is 5.23. The Bertz CT molecular complexity index is 344. The smallest absolute Gasteiger partial charge is 0.346 e. The molecule has 82 valence electrons. The lowest BCUT2D eigenvalue weighted by molar-refractivity contribution is 0.0701. The average Bonchev–Trinajstić information content (AvgIpc) is 2.86. The molecule has 0 spiro atoms. The lowest BCUT2D eigenvalue weighted by Crippen LogP contribution is -2.28. The molecule has 0 aromatic carbocycles. The molecule has 1 aliphatic heterocycles. The fraction of sp³-hybridized carbons (Fsp3) is 0.500. The molecule has 1 unspecified atom stereocenters. The van der Waals surface area contributed by atoms with E-state index in [1.807, 2.05) is 11.4 Å². The highest BCUT2D eigenvalue weighted by atomic mass is 32.1. The van der Waals surface area contributed by atoms with Crippen molar-refractivity contribution in [1.82, 2.24) is 5.32 Å². The van der Waals surface area contributed by atoms with Gasteiger partial charge in [-0.2, -0.15) is 0 Å².